The molecule has 0 amide bonds. The van der Waals surface area contributed by atoms with Crippen LogP contribution in [0.4, 0.5) is 0 Å². The van der Waals surface area contributed by atoms with Crippen molar-refractivity contribution < 1.29 is 8.83 Å². The van der Waals surface area contributed by atoms with Crippen molar-refractivity contribution in [2.45, 2.75) is 45.4 Å². The lowest BCUT2D eigenvalue weighted by atomic mass is 9.98. The molecule has 2 rings (SSSR count). The van der Waals surface area contributed by atoms with Gasteiger partial charge in [-0.05, 0) is 12.8 Å². The molecule has 6 nitrogen and oxygen atoms in total. The normalized spacial score (nSPS) is 14.8. The van der Waals surface area contributed by atoms with Crippen molar-refractivity contribution in [1.29, 1.82) is 0 Å². The van der Waals surface area contributed by atoms with Crippen LogP contribution in [0.25, 0.3) is 0 Å². The maximum absolute atomic E-state index is 5.39. The number of aromatic nitrogens is 4. The van der Waals surface area contributed by atoms with Gasteiger partial charge < -0.3 is 8.83 Å². The quantitative estimate of drug-likeness (QED) is 0.793. The van der Waals surface area contributed by atoms with Crippen LogP contribution in [0.2, 0.25) is 0 Å². The first kappa shape index (κ1) is 11.8. The molecule has 2 aromatic rings. The minimum absolute atomic E-state index is 0.251. The van der Waals surface area contributed by atoms with Crippen LogP contribution < -0.4 is 0 Å². The van der Waals surface area contributed by atoms with Crippen molar-refractivity contribution in [2.75, 3.05) is 0 Å². The largest absolute Gasteiger partial charge is 0.428 e. The highest BCUT2D eigenvalue weighted by Gasteiger charge is 2.16. The van der Waals surface area contributed by atoms with E-state index < -0.39 is 0 Å². The predicted octanol–water partition coefficient (Wildman–Crippen LogP) is 2.45. The molecule has 0 N–H and O–H groups in total. The summed E-state index contributed by atoms with van der Waals surface area (Å²) in [5.74, 6) is 2.49. The first-order chi connectivity index (χ1) is 8.16. The van der Waals surface area contributed by atoms with Crippen LogP contribution in [-0.4, -0.2) is 20.4 Å². The number of aryl methyl sites for hydroxylation is 1. The fourth-order valence-electron chi connectivity index (χ4n) is 1.65. The van der Waals surface area contributed by atoms with Gasteiger partial charge in [-0.1, -0.05) is 13.8 Å². The van der Waals surface area contributed by atoms with Crippen molar-refractivity contribution in [1.82, 2.24) is 20.4 Å². The van der Waals surface area contributed by atoms with E-state index in [4.69, 9.17) is 8.83 Å². The zero-order chi connectivity index (χ0) is 12.3. The van der Waals surface area contributed by atoms with E-state index in [2.05, 4.69) is 34.2 Å². The minimum atomic E-state index is 0.251. The van der Waals surface area contributed by atoms with E-state index in [1.807, 2.05) is 0 Å². The van der Waals surface area contributed by atoms with Gasteiger partial charge in [0.25, 0.3) is 0 Å². The lowest BCUT2D eigenvalue weighted by Crippen LogP contribution is -2.00. The molecule has 2 unspecified atom stereocenters. The summed E-state index contributed by atoms with van der Waals surface area (Å²) in [6.07, 6.45) is 3.26. The molecule has 2 aromatic heterocycles. The van der Waals surface area contributed by atoms with Crippen LogP contribution in [0.1, 0.15) is 56.2 Å². The number of hydrogen-bond donors (Lipinski definition) is 0. The van der Waals surface area contributed by atoms with E-state index in [1.54, 1.807) is 6.92 Å². The smallest absolute Gasteiger partial charge is 0.219 e. The average Bonchev–Trinajstić information content (AvgIpc) is 2.95. The highest BCUT2D eigenvalue weighted by atomic mass is 16.4. The zero-order valence-corrected chi connectivity index (χ0v) is 10.3. The standard InChI is InChI=1S/C11H16N4O2/c1-7(10-14-12-6-16-10)4-5-8(2)11-15-13-9(3)17-11/h6-8H,4-5H2,1-3H3. The second-order valence-electron chi connectivity index (χ2n) is 4.32. The molecule has 6 heteroatoms. The molecule has 2 heterocycles. The van der Waals surface area contributed by atoms with Gasteiger partial charge in [0, 0.05) is 18.8 Å². The lowest BCUT2D eigenvalue weighted by Gasteiger charge is -2.09. The second-order valence-corrected chi connectivity index (χ2v) is 4.32. The third-order valence-corrected chi connectivity index (χ3v) is 2.79. The minimum Gasteiger partial charge on any atom is -0.428 e. The van der Waals surface area contributed by atoms with Gasteiger partial charge in [0.15, 0.2) is 0 Å². The number of nitrogens with zero attached hydrogens (tertiary/aromatic N) is 4. The summed E-state index contributed by atoms with van der Waals surface area (Å²) in [6.45, 7) is 5.94. The van der Waals surface area contributed by atoms with E-state index in [-0.39, 0.29) is 11.8 Å². The van der Waals surface area contributed by atoms with Crippen molar-refractivity contribution >= 4 is 0 Å². The molecule has 0 aliphatic heterocycles. The third-order valence-electron chi connectivity index (χ3n) is 2.79. The van der Waals surface area contributed by atoms with E-state index in [1.165, 1.54) is 6.39 Å². The maximum Gasteiger partial charge on any atom is 0.219 e. The molecule has 0 aliphatic rings. The zero-order valence-electron chi connectivity index (χ0n) is 10.3. The first-order valence-corrected chi connectivity index (χ1v) is 5.73. The van der Waals surface area contributed by atoms with Gasteiger partial charge >= 0.3 is 0 Å². The molecule has 0 aromatic carbocycles. The first-order valence-electron chi connectivity index (χ1n) is 5.73. The van der Waals surface area contributed by atoms with Crippen LogP contribution in [0.3, 0.4) is 0 Å². The van der Waals surface area contributed by atoms with Crippen molar-refractivity contribution in [2.24, 2.45) is 0 Å². The van der Waals surface area contributed by atoms with E-state index in [9.17, 15) is 0 Å². The Morgan fingerprint density at radius 3 is 2.29 bits per heavy atom. The third kappa shape index (κ3) is 2.89. The Morgan fingerprint density at radius 1 is 1.06 bits per heavy atom. The summed E-state index contributed by atoms with van der Waals surface area (Å²) in [5, 5.41) is 15.4. The van der Waals surface area contributed by atoms with Crippen LogP contribution >= 0.6 is 0 Å². The Kier molecular flexibility index (Phi) is 3.51. The van der Waals surface area contributed by atoms with Crippen molar-refractivity contribution in [3.63, 3.8) is 0 Å². The predicted molar refractivity (Wildman–Crippen MR) is 59.4 cm³/mol. The Labute approximate surface area is 99.4 Å². The second kappa shape index (κ2) is 5.07. The highest BCUT2D eigenvalue weighted by molar-refractivity contribution is 4.91. The van der Waals surface area contributed by atoms with Gasteiger partial charge in [-0.15, -0.1) is 20.4 Å². The van der Waals surface area contributed by atoms with Crippen LogP contribution in [0.5, 0.6) is 0 Å². The lowest BCUT2D eigenvalue weighted by molar-refractivity contribution is 0.396. The molecular weight excluding hydrogens is 220 g/mol. The molecule has 0 spiro atoms. The number of rotatable bonds is 5. The Hall–Kier alpha value is -1.72. The Bertz CT molecular complexity index is 452. The van der Waals surface area contributed by atoms with Crippen molar-refractivity contribution in [3.05, 3.63) is 24.1 Å². The topological polar surface area (TPSA) is 77.8 Å². The molecule has 2 atom stereocenters. The van der Waals surface area contributed by atoms with Crippen LogP contribution in [0, 0.1) is 6.92 Å². The van der Waals surface area contributed by atoms with Gasteiger partial charge in [0.05, 0.1) is 0 Å². The monoisotopic (exact) mass is 236 g/mol. The van der Waals surface area contributed by atoms with Gasteiger partial charge in [0.2, 0.25) is 24.1 Å². The molecule has 92 valence electrons. The molecule has 0 saturated carbocycles. The summed E-state index contributed by atoms with van der Waals surface area (Å²) in [7, 11) is 0. The van der Waals surface area contributed by atoms with Crippen molar-refractivity contribution in [3.8, 4) is 0 Å². The van der Waals surface area contributed by atoms with E-state index in [0.717, 1.165) is 12.8 Å². The maximum atomic E-state index is 5.39. The molecule has 0 radical (unpaired) electrons. The van der Waals surface area contributed by atoms with Gasteiger partial charge in [-0.25, -0.2) is 0 Å². The van der Waals surface area contributed by atoms with E-state index >= 15 is 0 Å². The van der Waals surface area contributed by atoms with E-state index in [0.29, 0.717) is 17.7 Å². The summed E-state index contributed by atoms with van der Waals surface area (Å²) in [6, 6.07) is 0. The molecule has 17 heavy (non-hydrogen) atoms. The SMILES string of the molecule is Cc1nnc(C(C)CCC(C)c2nnco2)o1. The number of hydrogen-bond acceptors (Lipinski definition) is 6. The van der Waals surface area contributed by atoms with Gasteiger partial charge in [0.1, 0.15) is 0 Å². The summed E-state index contributed by atoms with van der Waals surface area (Å²) >= 11 is 0. The molecule has 0 fully saturated rings. The van der Waals surface area contributed by atoms with Gasteiger partial charge in [-0.2, -0.15) is 0 Å². The van der Waals surface area contributed by atoms with Crippen LogP contribution in [-0.2, 0) is 0 Å². The average molecular weight is 236 g/mol. The molecular formula is C11H16N4O2. The molecule has 0 bridgehead atoms. The Morgan fingerprint density at radius 2 is 1.76 bits per heavy atom. The summed E-state index contributed by atoms with van der Waals surface area (Å²) in [5.41, 5.74) is 0. The fourth-order valence-corrected chi connectivity index (χ4v) is 1.65. The summed E-state index contributed by atoms with van der Waals surface area (Å²) < 4.78 is 10.6. The fraction of sp³-hybridized carbons (Fsp3) is 0.636. The highest BCUT2D eigenvalue weighted by Crippen LogP contribution is 2.25. The van der Waals surface area contributed by atoms with Crippen LogP contribution in [0.15, 0.2) is 15.2 Å². The summed E-state index contributed by atoms with van der Waals surface area (Å²) in [4.78, 5) is 0. The van der Waals surface area contributed by atoms with Gasteiger partial charge in [-0.3, -0.25) is 0 Å². The molecule has 0 aliphatic carbocycles. The molecule has 0 saturated heterocycles. The Balaban J connectivity index is 1.86.